The molecule has 4 aromatic carbocycles. The highest BCUT2D eigenvalue weighted by Crippen LogP contribution is 2.40. The summed E-state index contributed by atoms with van der Waals surface area (Å²) in [6.07, 6.45) is -2.04. The van der Waals surface area contributed by atoms with Crippen molar-refractivity contribution in [2.45, 2.75) is 12.2 Å². The molecule has 0 aliphatic heterocycles. The number of ketones is 2. The van der Waals surface area contributed by atoms with Gasteiger partial charge in [0.1, 0.15) is 0 Å². The lowest BCUT2D eigenvalue weighted by atomic mass is 9.82. The van der Waals surface area contributed by atoms with Crippen molar-refractivity contribution >= 4 is 45.1 Å². The lowest BCUT2D eigenvalue weighted by molar-refractivity contribution is -0.393. The Morgan fingerprint density at radius 1 is 0.667 bits per heavy atom. The summed E-state index contributed by atoms with van der Waals surface area (Å²) in [7, 11) is 0. The minimum Gasteiger partial charge on any atom is -0.502 e. The second kappa shape index (κ2) is 13.9. The van der Waals surface area contributed by atoms with Crippen molar-refractivity contribution in [1.82, 2.24) is 0 Å². The zero-order valence-corrected chi connectivity index (χ0v) is 23.4. The number of rotatable bonds is 10. The molecule has 45 heavy (non-hydrogen) atoms. The van der Waals surface area contributed by atoms with Crippen LogP contribution in [-0.4, -0.2) is 85.5 Å². The average molecular weight is 621 g/mol. The second-order valence-corrected chi connectivity index (χ2v) is 9.87. The predicted octanol–water partition coefficient (Wildman–Crippen LogP) is 2.35. The van der Waals surface area contributed by atoms with E-state index in [1.54, 1.807) is 42.5 Å². The van der Waals surface area contributed by atoms with Crippen LogP contribution in [0.3, 0.4) is 0 Å². The van der Waals surface area contributed by atoms with E-state index in [0.29, 0.717) is 22.5 Å². The molecule has 5 rings (SSSR count). The van der Waals surface area contributed by atoms with Crippen LogP contribution in [0.15, 0.2) is 66.7 Å². The number of aromatic hydroxyl groups is 1. The molecule has 15 heteroatoms. The number of hydrogen-bond donors (Lipinski definition) is 7. The quantitative estimate of drug-likeness (QED) is 0.0876. The summed E-state index contributed by atoms with van der Waals surface area (Å²) in [5.74, 6) is -1.23. The number of aliphatic hydroxyl groups excluding tert-OH is 4. The van der Waals surface area contributed by atoms with Gasteiger partial charge in [0.15, 0.2) is 11.6 Å². The van der Waals surface area contributed by atoms with E-state index in [-0.39, 0.29) is 46.6 Å². The SMILES string of the molecule is O=C1c2ccccc2C(=O)c2c(NCC(O)CO)ccc(NCC(O)CO)c21.O=[N+]([O-])c1cc([N+](=O)[O-])c2ccccc2c1O. The molecular formula is C30H28N4O11. The first kappa shape index (κ1) is 32.4. The highest BCUT2D eigenvalue weighted by Gasteiger charge is 2.34. The van der Waals surface area contributed by atoms with E-state index in [4.69, 9.17) is 10.2 Å². The fourth-order valence-electron chi connectivity index (χ4n) is 4.72. The lowest BCUT2D eigenvalue weighted by Crippen LogP contribution is -2.28. The number of phenolic OH excluding ortho intramolecular Hbond substituents is 1. The summed E-state index contributed by atoms with van der Waals surface area (Å²) < 4.78 is 0. The average Bonchev–Trinajstić information content (AvgIpc) is 3.05. The van der Waals surface area contributed by atoms with Crippen LogP contribution in [-0.2, 0) is 0 Å². The smallest absolute Gasteiger partial charge is 0.318 e. The van der Waals surface area contributed by atoms with Gasteiger partial charge in [-0.05, 0) is 18.2 Å². The highest BCUT2D eigenvalue weighted by molar-refractivity contribution is 6.31. The number of nitro groups is 2. The third-order valence-electron chi connectivity index (χ3n) is 6.92. The van der Waals surface area contributed by atoms with Gasteiger partial charge in [-0.1, -0.05) is 42.5 Å². The summed E-state index contributed by atoms with van der Waals surface area (Å²) in [6.45, 7) is -0.878. The molecule has 4 aromatic rings. The van der Waals surface area contributed by atoms with Gasteiger partial charge in [0, 0.05) is 41.0 Å². The van der Waals surface area contributed by atoms with Gasteiger partial charge in [-0.2, -0.15) is 0 Å². The van der Waals surface area contributed by atoms with E-state index in [1.807, 2.05) is 0 Å². The molecule has 0 amide bonds. The molecule has 0 saturated heterocycles. The van der Waals surface area contributed by atoms with Crippen LogP contribution >= 0.6 is 0 Å². The number of hydrogen-bond acceptors (Lipinski definition) is 13. The van der Waals surface area contributed by atoms with Crippen molar-refractivity contribution < 1.29 is 45.0 Å². The molecule has 1 aliphatic carbocycles. The Morgan fingerprint density at radius 3 is 1.51 bits per heavy atom. The first-order chi connectivity index (χ1) is 21.5. The van der Waals surface area contributed by atoms with Gasteiger partial charge in [0.2, 0.25) is 5.75 Å². The zero-order chi connectivity index (χ0) is 32.8. The Hall–Kier alpha value is -5.48. The molecule has 15 nitrogen and oxygen atoms in total. The molecular weight excluding hydrogens is 592 g/mol. The fraction of sp³-hybridized carbons (Fsp3) is 0.200. The van der Waals surface area contributed by atoms with Gasteiger partial charge >= 0.3 is 5.69 Å². The molecule has 0 heterocycles. The number of fused-ring (bicyclic) bond motifs is 3. The molecule has 0 spiro atoms. The third-order valence-corrected chi connectivity index (χ3v) is 6.92. The normalized spacial score (nSPS) is 13.2. The molecule has 2 atom stereocenters. The molecule has 0 radical (unpaired) electrons. The van der Waals surface area contributed by atoms with E-state index >= 15 is 0 Å². The molecule has 0 saturated carbocycles. The van der Waals surface area contributed by atoms with E-state index in [1.165, 1.54) is 18.2 Å². The Bertz CT molecular complexity index is 1720. The fourth-order valence-corrected chi connectivity index (χ4v) is 4.72. The van der Waals surface area contributed by atoms with Gasteiger partial charge in [-0.25, -0.2) is 0 Å². The van der Waals surface area contributed by atoms with Gasteiger partial charge in [0.05, 0.1) is 57.8 Å². The van der Waals surface area contributed by atoms with Crippen LogP contribution in [0.5, 0.6) is 5.75 Å². The van der Waals surface area contributed by atoms with E-state index in [0.717, 1.165) is 6.07 Å². The van der Waals surface area contributed by atoms with Crippen molar-refractivity contribution in [3.63, 3.8) is 0 Å². The predicted molar refractivity (Wildman–Crippen MR) is 162 cm³/mol. The summed E-state index contributed by atoms with van der Waals surface area (Å²) in [4.78, 5) is 46.1. The van der Waals surface area contributed by atoms with Crippen LogP contribution in [0, 0.1) is 20.2 Å². The van der Waals surface area contributed by atoms with E-state index < -0.39 is 52.4 Å². The van der Waals surface area contributed by atoms with Crippen molar-refractivity contribution in [2.75, 3.05) is 36.9 Å². The van der Waals surface area contributed by atoms with Crippen LogP contribution in [0.2, 0.25) is 0 Å². The van der Waals surface area contributed by atoms with Gasteiger partial charge in [-0.15, -0.1) is 0 Å². The molecule has 0 aromatic heterocycles. The number of nitrogens with one attached hydrogen (secondary N) is 2. The number of non-ortho nitro benzene ring substituents is 1. The standard InChI is InChI=1S/C20H22N2O6.C10H6N2O5/c23-9-11(25)7-21-15-5-6-16(22-8-12(26)10-24)18-17(15)19(27)13-3-1-2-4-14(13)20(18)28;13-10-7-4-2-1-3-6(7)8(11(14)15)5-9(10)12(16)17/h1-6,11-12,21-26H,7-10H2;1-5,13H. The minimum absolute atomic E-state index is 0.00204. The van der Waals surface area contributed by atoms with Crippen molar-refractivity contribution in [1.29, 1.82) is 0 Å². The number of carbonyl (C=O) groups is 2. The second-order valence-electron chi connectivity index (χ2n) is 9.87. The first-order valence-electron chi connectivity index (χ1n) is 13.4. The highest BCUT2D eigenvalue weighted by atomic mass is 16.6. The van der Waals surface area contributed by atoms with Crippen LogP contribution in [0.1, 0.15) is 31.8 Å². The summed E-state index contributed by atoms with van der Waals surface area (Å²) in [5, 5.41) is 74.4. The Morgan fingerprint density at radius 2 is 1.09 bits per heavy atom. The Balaban J connectivity index is 0.000000231. The number of phenols is 1. The van der Waals surface area contributed by atoms with Crippen LogP contribution in [0.25, 0.3) is 10.8 Å². The van der Waals surface area contributed by atoms with Gasteiger partial charge in [0.25, 0.3) is 5.69 Å². The number of carbonyl (C=O) groups excluding carboxylic acids is 2. The Kier molecular flexibility index (Phi) is 10.00. The summed E-state index contributed by atoms with van der Waals surface area (Å²) >= 11 is 0. The van der Waals surface area contributed by atoms with Crippen LogP contribution < -0.4 is 10.6 Å². The van der Waals surface area contributed by atoms with Crippen molar-refractivity contribution in [3.05, 3.63) is 109 Å². The maximum Gasteiger partial charge on any atom is 0.318 e. The number of nitrogens with zero attached hydrogens (tertiary/aromatic N) is 2. The molecule has 7 N–H and O–H groups in total. The topological polar surface area (TPSA) is 246 Å². The maximum atomic E-state index is 13.1. The van der Waals surface area contributed by atoms with Crippen molar-refractivity contribution in [2.24, 2.45) is 0 Å². The molecule has 0 bridgehead atoms. The minimum atomic E-state index is -1.02. The largest absolute Gasteiger partial charge is 0.502 e. The number of anilines is 2. The van der Waals surface area contributed by atoms with Crippen molar-refractivity contribution in [3.8, 4) is 5.75 Å². The number of aliphatic hydroxyl groups is 4. The van der Waals surface area contributed by atoms with Gasteiger partial charge in [-0.3, -0.25) is 29.8 Å². The number of benzene rings is 4. The lowest BCUT2D eigenvalue weighted by Gasteiger charge is -2.24. The summed E-state index contributed by atoms with van der Waals surface area (Å²) in [5.41, 5.74) is 0.568. The van der Waals surface area contributed by atoms with Gasteiger partial charge < -0.3 is 36.2 Å². The van der Waals surface area contributed by atoms with Crippen LogP contribution in [0.4, 0.5) is 22.7 Å². The number of nitro benzene ring substituents is 2. The molecule has 0 fully saturated rings. The van der Waals surface area contributed by atoms with E-state index in [2.05, 4.69) is 10.6 Å². The molecule has 2 unspecified atom stereocenters. The molecule has 1 aliphatic rings. The first-order valence-corrected chi connectivity index (χ1v) is 13.4. The third kappa shape index (κ3) is 6.71. The zero-order valence-electron chi connectivity index (χ0n) is 23.4. The maximum absolute atomic E-state index is 13.1. The monoisotopic (exact) mass is 620 g/mol. The Labute approximate surface area is 254 Å². The summed E-state index contributed by atoms with van der Waals surface area (Å²) in [6, 6.07) is 16.4. The molecule has 234 valence electrons. The van der Waals surface area contributed by atoms with E-state index in [9.17, 15) is 45.1 Å².